The summed E-state index contributed by atoms with van der Waals surface area (Å²) in [6.07, 6.45) is 4.07. The summed E-state index contributed by atoms with van der Waals surface area (Å²) in [6, 6.07) is 6.09. The summed E-state index contributed by atoms with van der Waals surface area (Å²) in [4.78, 5) is 2.65. The number of nitrogens with zero attached hydrogens (tertiary/aromatic N) is 1. The number of rotatable bonds is 4. The van der Waals surface area contributed by atoms with Gasteiger partial charge in [0.25, 0.3) is 0 Å². The SMILES string of the molecule is C=C(c1ccc(OC(F)(F)F)cc1)C1CCN(C2(C)CCCCC2)CC1. The van der Waals surface area contributed by atoms with Crippen LogP contribution < -0.4 is 4.74 Å². The van der Waals surface area contributed by atoms with Crippen LogP contribution in [0.3, 0.4) is 0 Å². The van der Waals surface area contributed by atoms with E-state index in [9.17, 15) is 13.2 Å². The van der Waals surface area contributed by atoms with Crippen molar-refractivity contribution in [3.05, 3.63) is 36.4 Å². The van der Waals surface area contributed by atoms with Crippen LogP contribution in [0.15, 0.2) is 30.8 Å². The van der Waals surface area contributed by atoms with Crippen LogP contribution in [0.5, 0.6) is 5.75 Å². The highest BCUT2D eigenvalue weighted by Gasteiger charge is 2.36. The smallest absolute Gasteiger partial charge is 0.406 e. The number of hydrogen-bond donors (Lipinski definition) is 0. The molecule has 1 saturated carbocycles. The van der Waals surface area contributed by atoms with Gasteiger partial charge in [0.15, 0.2) is 0 Å². The van der Waals surface area contributed by atoms with E-state index < -0.39 is 6.36 Å². The monoisotopic (exact) mass is 367 g/mol. The van der Waals surface area contributed by atoms with Gasteiger partial charge in [-0.25, -0.2) is 0 Å². The summed E-state index contributed by atoms with van der Waals surface area (Å²) in [5, 5.41) is 0. The number of piperidine rings is 1. The van der Waals surface area contributed by atoms with Crippen molar-refractivity contribution in [1.82, 2.24) is 4.90 Å². The Bertz CT molecular complexity index is 609. The quantitative estimate of drug-likeness (QED) is 0.644. The van der Waals surface area contributed by atoms with E-state index in [2.05, 4.69) is 23.1 Å². The number of likely N-dealkylation sites (tertiary alicyclic amines) is 1. The highest BCUT2D eigenvalue weighted by Crippen LogP contribution is 2.38. The zero-order chi connectivity index (χ0) is 18.8. The fourth-order valence-corrected chi connectivity index (χ4v) is 4.50. The Morgan fingerprint density at radius 2 is 1.65 bits per heavy atom. The van der Waals surface area contributed by atoms with Gasteiger partial charge in [0.1, 0.15) is 5.75 Å². The fraction of sp³-hybridized carbons (Fsp3) is 0.619. The second-order valence-electron chi connectivity index (χ2n) is 7.92. The second-order valence-corrected chi connectivity index (χ2v) is 7.92. The van der Waals surface area contributed by atoms with E-state index in [0.717, 1.165) is 37.1 Å². The van der Waals surface area contributed by atoms with E-state index in [1.807, 2.05) is 0 Å². The van der Waals surface area contributed by atoms with Crippen molar-refractivity contribution in [2.45, 2.75) is 63.8 Å². The molecule has 0 atom stereocenters. The first-order valence-electron chi connectivity index (χ1n) is 9.57. The third kappa shape index (κ3) is 4.61. The number of halogens is 3. The van der Waals surface area contributed by atoms with Crippen molar-refractivity contribution < 1.29 is 17.9 Å². The lowest BCUT2D eigenvalue weighted by molar-refractivity contribution is -0.274. The van der Waals surface area contributed by atoms with Crippen molar-refractivity contribution in [2.24, 2.45) is 5.92 Å². The predicted octanol–water partition coefficient (Wildman–Crippen LogP) is 6.03. The van der Waals surface area contributed by atoms with Crippen molar-refractivity contribution in [1.29, 1.82) is 0 Å². The minimum absolute atomic E-state index is 0.186. The van der Waals surface area contributed by atoms with E-state index in [0.29, 0.717) is 11.5 Å². The molecule has 2 aliphatic rings. The van der Waals surface area contributed by atoms with Crippen LogP contribution in [-0.2, 0) is 0 Å². The number of alkyl halides is 3. The first-order chi connectivity index (χ1) is 12.3. The minimum Gasteiger partial charge on any atom is -0.406 e. The van der Waals surface area contributed by atoms with E-state index in [1.165, 1.54) is 44.2 Å². The number of benzene rings is 1. The van der Waals surface area contributed by atoms with Gasteiger partial charge in [0.2, 0.25) is 0 Å². The van der Waals surface area contributed by atoms with Crippen molar-refractivity contribution in [3.8, 4) is 5.75 Å². The van der Waals surface area contributed by atoms with Crippen molar-refractivity contribution in [3.63, 3.8) is 0 Å². The summed E-state index contributed by atoms with van der Waals surface area (Å²) in [5.74, 6) is 0.210. The van der Waals surface area contributed by atoms with Crippen LogP contribution in [0.1, 0.15) is 57.4 Å². The Morgan fingerprint density at radius 1 is 1.08 bits per heavy atom. The molecular weight excluding hydrogens is 339 g/mol. The minimum atomic E-state index is -4.65. The zero-order valence-electron chi connectivity index (χ0n) is 15.4. The maximum atomic E-state index is 12.3. The van der Waals surface area contributed by atoms with Crippen LogP contribution in [0.2, 0.25) is 0 Å². The molecule has 3 rings (SSSR count). The van der Waals surface area contributed by atoms with Gasteiger partial charge >= 0.3 is 6.36 Å². The standard InChI is InChI=1S/C21H28F3NO/c1-16(17-6-8-19(9-7-17)26-21(22,23)24)18-10-14-25(15-11-18)20(2)12-4-3-5-13-20/h6-9,18H,1,3-5,10-15H2,2H3. The first kappa shape index (κ1) is 19.3. The van der Waals surface area contributed by atoms with Crippen LogP contribution in [-0.4, -0.2) is 29.9 Å². The first-order valence-corrected chi connectivity index (χ1v) is 9.57. The van der Waals surface area contributed by atoms with E-state index in [1.54, 1.807) is 12.1 Å². The van der Waals surface area contributed by atoms with Gasteiger partial charge < -0.3 is 4.74 Å². The summed E-state index contributed by atoms with van der Waals surface area (Å²) >= 11 is 0. The second kappa shape index (κ2) is 7.63. The summed E-state index contributed by atoms with van der Waals surface area (Å²) in [7, 11) is 0. The molecule has 1 aliphatic carbocycles. The van der Waals surface area contributed by atoms with Gasteiger partial charge in [-0.2, -0.15) is 0 Å². The molecule has 1 saturated heterocycles. The summed E-state index contributed by atoms with van der Waals surface area (Å²) in [5.41, 5.74) is 2.28. The fourth-order valence-electron chi connectivity index (χ4n) is 4.50. The average molecular weight is 367 g/mol. The van der Waals surface area contributed by atoms with E-state index in [-0.39, 0.29) is 5.75 Å². The summed E-state index contributed by atoms with van der Waals surface area (Å²) < 4.78 is 40.7. The predicted molar refractivity (Wildman–Crippen MR) is 97.9 cm³/mol. The highest BCUT2D eigenvalue weighted by atomic mass is 19.4. The molecular formula is C21H28F3NO. The van der Waals surface area contributed by atoms with Gasteiger partial charge in [0.05, 0.1) is 0 Å². The van der Waals surface area contributed by atoms with Crippen molar-refractivity contribution >= 4 is 5.57 Å². The molecule has 2 nitrogen and oxygen atoms in total. The largest absolute Gasteiger partial charge is 0.573 e. The average Bonchev–Trinajstić information content (AvgIpc) is 2.61. The normalized spacial score (nSPS) is 22.2. The molecule has 0 spiro atoms. The summed E-state index contributed by atoms with van der Waals surface area (Å²) in [6.45, 7) is 8.79. The number of hydrogen-bond acceptors (Lipinski definition) is 2. The molecule has 5 heteroatoms. The Kier molecular flexibility index (Phi) is 5.66. The van der Waals surface area contributed by atoms with E-state index >= 15 is 0 Å². The Hall–Kier alpha value is -1.49. The zero-order valence-corrected chi connectivity index (χ0v) is 15.4. The van der Waals surface area contributed by atoms with Crippen LogP contribution in [0, 0.1) is 5.92 Å². The maximum absolute atomic E-state index is 12.3. The van der Waals surface area contributed by atoms with E-state index in [4.69, 9.17) is 0 Å². The van der Waals surface area contributed by atoms with Crippen molar-refractivity contribution in [2.75, 3.05) is 13.1 Å². The van der Waals surface area contributed by atoms with Gasteiger partial charge in [0, 0.05) is 5.54 Å². The lowest BCUT2D eigenvalue weighted by Gasteiger charge is -2.47. The molecule has 0 bridgehead atoms. The third-order valence-electron chi connectivity index (χ3n) is 6.14. The van der Waals surface area contributed by atoms with Crippen LogP contribution in [0.4, 0.5) is 13.2 Å². The number of ether oxygens (including phenoxy) is 1. The van der Waals surface area contributed by atoms with Gasteiger partial charge in [-0.05, 0) is 74.9 Å². The lowest BCUT2D eigenvalue weighted by atomic mass is 9.79. The number of allylic oxidation sites excluding steroid dienone is 1. The molecule has 0 N–H and O–H groups in total. The molecule has 2 fully saturated rings. The molecule has 0 amide bonds. The lowest BCUT2D eigenvalue weighted by Crippen LogP contribution is -2.51. The molecule has 1 aromatic carbocycles. The molecule has 0 aromatic heterocycles. The van der Waals surface area contributed by atoms with Gasteiger partial charge in [-0.15, -0.1) is 13.2 Å². The van der Waals surface area contributed by atoms with Gasteiger partial charge in [-0.3, -0.25) is 4.90 Å². The molecule has 0 radical (unpaired) electrons. The Balaban J connectivity index is 1.56. The molecule has 1 heterocycles. The Morgan fingerprint density at radius 3 is 2.19 bits per heavy atom. The van der Waals surface area contributed by atoms with Crippen LogP contribution >= 0.6 is 0 Å². The molecule has 1 aromatic rings. The molecule has 0 unspecified atom stereocenters. The Labute approximate surface area is 154 Å². The topological polar surface area (TPSA) is 12.5 Å². The third-order valence-corrected chi connectivity index (χ3v) is 6.14. The van der Waals surface area contributed by atoms with Crippen LogP contribution in [0.25, 0.3) is 5.57 Å². The highest BCUT2D eigenvalue weighted by molar-refractivity contribution is 5.65. The molecule has 144 valence electrons. The maximum Gasteiger partial charge on any atom is 0.573 e. The molecule has 26 heavy (non-hydrogen) atoms. The molecule has 1 aliphatic heterocycles. The van der Waals surface area contributed by atoms with Gasteiger partial charge in [-0.1, -0.05) is 38.0 Å².